The fourth-order valence-corrected chi connectivity index (χ4v) is 3.30. The summed E-state index contributed by atoms with van der Waals surface area (Å²) in [6.07, 6.45) is 3.52. The van der Waals surface area contributed by atoms with Gasteiger partial charge in [0.15, 0.2) is 5.96 Å². The van der Waals surface area contributed by atoms with Crippen LogP contribution < -0.4 is 10.2 Å². The fourth-order valence-electron chi connectivity index (χ4n) is 2.93. The molecule has 3 rings (SSSR count). The molecule has 0 bridgehead atoms. The van der Waals surface area contributed by atoms with Crippen molar-refractivity contribution in [1.29, 1.82) is 0 Å². The average Bonchev–Trinajstić information content (AvgIpc) is 3.07. The van der Waals surface area contributed by atoms with Crippen molar-refractivity contribution in [3.8, 4) is 0 Å². The minimum atomic E-state index is -0.298. The van der Waals surface area contributed by atoms with Crippen LogP contribution in [0, 0.1) is 5.82 Å². The molecule has 0 radical (unpaired) electrons. The lowest BCUT2D eigenvalue weighted by Gasteiger charge is -2.35. The predicted octanol–water partition coefficient (Wildman–Crippen LogP) is 2.75. The lowest BCUT2D eigenvalue weighted by atomic mass is 10.2. The molecule has 7 nitrogen and oxygen atoms in total. The van der Waals surface area contributed by atoms with Crippen LogP contribution in [0.25, 0.3) is 0 Å². The Kier molecular flexibility index (Phi) is 8.23. The van der Waals surface area contributed by atoms with Gasteiger partial charge in [0.05, 0.1) is 18.4 Å². The smallest absolute Gasteiger partial charge is 0.246 e. The maximum absolute atomic E-state index is 13.5. The van der Waals surface area contributed by atoms with Gasteiger partial charge >= 0.3 is 0 Å². The van der Waals surface area contributed by atoms with Crippen molar-refractivity contribution in [2.24, 2.45) is 12.0 Å². The van der Waals surface area contributed by atoms with Gasteiger partial charge in [-0.2, -0.15) is 5.10 Å². The molecule has 1 fully saturated rings. The Morgan fingerprint density at radius 2 is 2.18 bits per heavy atom. The van der Waals surface area contributed by atoms with Crippen molar-refractivity contribution in [2.45, 2.75) is 13.5 Å². The quantitative estimate of drug-likeness (QED) is 0.352. The molecule has 1 aliphatic heterocycles. The number of hydrogen-bond donors (Lipinski definition) is 1. The van der Waals surface area contributed by atoms with Gasteiger partial charge in [0.1, 0.15) is 12.4 Å². The summed E-state index contributed by atoms with van der Waals surface area (Å²) in [5.41, 5.74) is 1.55. The molecular weight excluding hydrogens is 542 g/mol. The molecule has 0 saturated carbocycles. The molecule has 0 unspecified atom stereocenters. The highest BCUT2D eigenvalue weighted by molar-refractivity contribution is 14.0. The van der Waals surface area contributed by atoms with E-state index in [2.05, 4.69) is 31.3 Å². The number of piperazine rings is 1. The number of anilines is 1. The van der Waals surface area contributed by atoms with Crippen molar-refractivity contribution in [1.82, 2.24) is 20.0 Å². The van der Waals surface area contributed by atoms with E-state index in [1.54, 1.807) is 21.8 Å². The number of aryl methyl sites for hydroxylation is 1. The van der Waals surface area contributed by atoms with Crippen LogP contribution in [0.15, 0.2) is 40.1 Å². The zero-order chi connectivity index (χ0) is 19.4. The van der Waals surface area contributed by atoms with Crippen LogP contribution in [0.3, 0.4) is 0 Å². The van der Waals surface area contributed by atoms with Crippen LogP contribution in [-0.2, 0) is 18.4 Å². The molecule has 0 atom stereocenters. The Morgan fingerprint density at radius 3 is 2.82 bits per heavy atom. The largest absolute Gasteiger partial charge is 0.356 e. The minimum Gasteiger partial charge on any atom is -0.356 e. The Labute approximate surface area is 189 Å². The molecular formula is C18H23BrFIN6O. The summed E-state index contributed by atoms with van der Waals surface area (Å²) in [5.74, 6) is 0.341. The Morgan fingerprint density at radius 1 is 1.39 bits per heavy atom. The average molecular weight is 565 g/mol. The Balaban J connectivity index is 0.00000280. The highest BCUT2D eigenvalue weighted by atomic mass is 127. The van der Waals surface area contributed by atoms with Crippen molar-refractivity contribution < 1.29 is 9.18 Å². The van der Waals surface area contributed by atoms with Crippen molar-refractivity contribution in [3.63, 3.8) is 0 Å². The molecule has 2 aromatic rings. The van der Waals surface area contributed by atoms with Crippen molar-refractivity contribution in [3.05, 3.63) is 46.4 Å². The second-order valence-electron chi connectivity index (χ2n) is 6.25. The number of rotatable bonds is 4. The molecule has 0 spiro atoms. The summed E-state index contributed by atoms with van der Waals surface area (Å²) in [5, 5.41) is 7.34. The summed E-state index contributed by atoms with van der Waals surface area (Å²) in [4.78, 5) is 20.9. The summed E-state index contributed by atoms with van der Waals surface area (Å²) >= 11 is 3.42. The number of carbonyl (C=O) groups is 1. The lowest BCUT2D eigenvalue weighted by Crippen LogP contribution is -2.55. The summed E-state index contributed by atoms with van der Waals surface area (Å²) < 4.78 is 16.0. The van der Waals surface area contributed by atoms with Crippen molar-refractivity contribution in [2.75, 3.05) is 31.1 Å². The van der Waals surface area contributed by atoms with Crippen molar-refractivity contribution >= 4 is 57.5 Å². The van der Waals surface area contributed by atoms with E-state index >= 15 is 0 Å². The molecule has 1 aromatic heterocycles. The first-order chi connectivity index (χ1) is 13.0. The monoisotopic (exact) mass is 564 g/mol. The number of aromatic nitrogens is 2. The van der Waals surface area contributed by atoms with E-state index in [9.17, 15) is 9.18 Å². The van der Waals surface area contributed by atoms with Crippen LogP contribution >= 0.6 is 39.9 Å². The number of benzene rings is 1. The molecule has 0 aliphatic carbocycles. The van der Waals surface area contributed by atoms with Gasteiger partial charge in [0.2, 0.25) is 5.91 Å². The van der Waals surface area contributed by atoms with Gasteiger partial charge in [-0.1, -0.05) is 15.9 Å². The van der Waals surface area contributed by atoms with E-state index in [4.69, 9.17) is 0 Å². The van der Waals surface area contributed by atoms with Gasteiger partial charge in [-0.3, -0.25) is 9.48 Å². The molecule has 10 heteroatoms. The van der Waals surface area contributed by atoms with Gasteiger partial charge < -0.3 is 15.1 Å². The minimum absolute atomic E-state index is 0. The summed E-state index contributed by atoms with van der Waals surface area (Å²) in [7, 11) is 1.82. The number of nitrogens with zero attached hydrogens (tertiary/aromatic N) is 5. The maximum Gasteiger partial charge on any atom is 0.246 e. The second-order valence-corrected chi connectivity index (χ2v) is 7.10. The zero-order valence-corrected chi connectivity index (χ0v) is 19.6. The summed E-state index contributed by atoms with van der Waals surface area (Å²) in [6, 6.07) is 4.53. The first kappa shape index (κ1) is 22.6. The van der Waals surface area contributed by atoms with Crippen LogP contribution in [0.5, 0.6) is 0 Å². The summed E-state index contributed by atoms with van der Waals surface area (Å²) in [6.45, 7) is 4.40. The number of halogens is 3. The third kappa shape index (κ3) is 5.43. The number of amides is 1. The number of guanidine groups is 1. The first-order valence-electron chi connectivity index (χ1n) is 8.74. The first-order valence-corrected chi connectivity index (χ1v) is 9.53. The standard InChI is InChI=1S/C18H22BrFN6O.HI/c1-3-21-18(22-9-13-8-14(20)4-5-16(13)19)25-6-7-26(17(27)12-25)15-10-23-24(2)11-15;/h4-5,8,10-11H,3,6-7,9,12H2,1-2H3,(H,21,22);1H. The van der Waals surface area contributed by atoms with Gasteiger partial charge in [-0.05, 0) is 30.7 Å². The molecule has 1 aliphatic rings. The van der Waals surface area contributed by atoms with Crippen LogP contribution in [0.4, 0.5) is 10.1 Å². The third-order valence-electron chi connectivity index (χ3n) is 4.26. The normalized spacial score (nSPS) is 14.9. The van der Waals surface area contributed by atoms with Gasteiger partial charge in [-0.25, -0.2) is 9.38 Å². The lowest BCUT2D eigenvalue weighted by molar-refractivity contribution is -0.120. The van der Waals surface area contributed by atoms with E-state index in [0.717, 1.165) is 15.7 Å². The van der Waals surface area contributed by atoms with E-state index in [-0.39, 0.29) is 42.2 Å². The molecule has 28 heavy (non-hydrogen) atoms. The van der Waals surface area contributed by atoms with E-state index in [1.807, 2.05) is 25.1 Å². The number of aliphatic imine (C=N–C) groups is 1. The number of nitrogens with one attached hydrogen (secondary N) is 1. The SMILES string of the molecule is CCNC(=NCc1cc(F)ccc1Br)N1CCN(c2cnn(C)c2)C(=O)C1.I. The molecule has 1 amide bonds. The fraction of sp³-hybridized carbons (Fsp3) is 0.389. The van der Waals surface area contributed by atoms with Crippen LogP contribution in [-0.4, -0.2) is 52.7 Å². The Hall–Kier alpha value is -1.69. The number of hydrogen-bond acceptors (Lipinski definition) is 3. The third-order valence-corrected chi connectivity index (χ3v) is 5.04. The molecule has 1 N–H and O–H groups in total. The van der Waals surface area contributed by atoms with E-state index < -0.39 is 0 Å². The molecule has 1 aromatic carbocycles. The molecule has 1 saturated heterocycles. The van der Waals surface area contributed by atoms with Gasteiger partial charge in [0.25, 0.3) is 0 Å². The highest BCUT2D eigenvalue weighted by Crippen LogP contribution is 2.19. The second kappa shape index (κ2) is 10.2. The maximum atomic E-state index is 13.5. The zero-order valence-electron chi connectivity index (χ0n) is 15.7. The topological polar surface area (TPSA) is 65.8 Å². The van der Waals surface area contributed by atoms with Gasteiger partial charge in [0, 0.05) is 37.4 Å². The molecule has 152 valence electrons. The van der Waals surface area contributed by atoms with E-state index in [1.165, 1.54) is 12.1 Å². The Bertz CT molecular complexity index is 858. The van der Waals surface area contributed by atoms with E-state index in [0.29, 0.717) is 32.1 Å². The molecule has 2 heterocycles. The predicted molar refractivity (Wildman–Crippen MR) is 121 cm³/mol. The number of carbonyl (C=O) groups excluding carboxylic acids is 1. The van der Waals surface area contributed by atoms with Crippen LogP contribution in [0.1, 0.15) is 12.5 Å². The highest BCUT2D eigenvalue weighted by Gasteiger charge is 2.27. The van der Waals surface area contributed by atoms with Gasteiger partial charge in [-0.15, -0.1) is 24.0 Å². The van der Waals surface area contributed by atoms with Crippen LogP contribution in [0.2, 0.25) is 0 Å².